The van der Waals surface area contributed by atoms with Gasteiger partial charge in [0.2, 0.25) is 5.91 Å². The summed E-state index contributed by atoms with van der Waals surface area (Å²) in [5, 5.41) is 28.8. The van der Waals surface area contributed by atoms with Crippen molar-refractivity contribution in [1.29, 1.82) is 15.8 Å². The van der Waals surface area contributed by atoms with Gasteiger partial charge in [-0.05, 0) is 48.9 Å². The summed E-state index contributed by atoms with van der Waals surface area (Å²) < 4.78 is 27.3. The molecular weight excluding hydrogens is 594 g/mol. The van der Waals surface area contributed by atoms with E-state index in [9.17, 15) is 39.1 Å². The van der Waals surface area contributed by atoms with E-state index in [2.05, 4.69) is 10.4 Å². The fourth-order valence-corrected chi connectivity index (χ4v) is 5.54. The van der Waals surface area contributed by atoms with Crippen LogP contribution in [-0.2, 0) is 9.59 Å². The Morgan fingerprint density at radius 3 is 2.34 bits per heavy atom. The van der Waals surface area contributed by atoms with Gasteiger partial charge < -0.3 is 0 Å². The van der Waals surface area contributed by atoms with Crippen molar-refractivity contribution in [3.63, 3.8) is 0 Å². The Morgan fingerprint density at radius 2 is 1.73 bits per heavy atom. The maximum Gasteiger partial charge on any atom is 0.342 e. The minimum atomic E-state index is -2.95. The second-order valence-corrected chi connectivity index (χ2v) is 10.8. The van der Waals surface area contributed by atoms with Crippen LogP contribution in [0.1, 0.15) is 54.1 Å². The van der Waals surface area contributed by atoms with Crippen molar-refractivity contribution in [2.45, 2.75) is 49.9 Å². The number of nitrogens with zero attached hydrogens (tertiary/aromatic N) is 7. The van der Waals surface area contributed by atoms with Crippen LogP contribution in [0.15, 0.2) is 60.8 Å². The number of hydrogen-bond donors (Lipinski definition) is 1. The molecule has 2 heterocycles. The predicted octanol–water partition coefficient (Wildman–Crippen LogP) is 4.66. The number of alkyl halides is 2. The first-order valence-corrected chi connectivity index (χ1v) is 13.7. The topological polar surface area (TPSA) is 157 Å². The fourth-order valence-electron chi connectivity index (χ4n) is 5.31. The molecule has 220 valence electrons. The van der Waals surface area contributed by atoms with Gasteiger partial charge in [0.15, 0.2) is 0 Å². The van der Waals surface area contributed by atoms with E-state index in [1.54, 1.807) is 12.1 Å². The molecule has 2 fully saturated rings. The molecule has 14 heteroatoms. The molecule has 5 rings (SSSR count). The Balaban J connectivity index is 1.67. The molecule has 1 aliphatic heterocycles. The highest BCUT2D eigenvalue weighted by atomic mass is 35.5. The van der Waals surface area contributed by atoms with Crippen molar-refractivity contribution >= 4 is 34.9 Å². The lowest BCUT2D eigenvalue weighted by atomic mass is 9.89. The summed E-state index contributed by atoms with van der Waals surface area (Å²) >= 11 is 6.53. The molecule has 2 unspecified atom stereocenters. The number of nitriles is 3. The average molecular weight is 616 g/mol. The predicted molar refractivity (Wildman–Crippen MR) is 152 cm³/mol. The van der Waals surface area contributed by atoms with Crippen molar-refractivity contribution < 1.29 is 23.2 Å². The van der Waals surface area contributed by atoms with Crippen molar-refractivity contribution in [1.82, 2.24) is 10.4 Å². The van der Waals surface area contributed by atoms with E-state index in [-0.39, 0.29) is 56.5 Å². The van der Waals surface area contributed by atoms with Gasteiger partial charge in [0, 0.05) is 25.5 Å². The Morgan fingerprint density at radius 1 is 1.07 bits per heavy atom. The lowest BCUT2D eigenvalue weighted by Gasteiger charge is -2.35. The van der Waals surface area contributed by atoms with E-state index in [0.717, 1.165) is 9.80 Å². The summed E-state index contributed by atoms with van der Waals surface area (Å²) in [6.07, 6.45) is -1.59. The van der Waals surface area contributed by atoms with E-state index in [1.807, 2.05) is 18.2 Å². The number of hydrogen-bond acceptors (Lipinski definition) is 7. The monoisotopic (exact) mass is 615 g/mol. The van der Waals surface area contributed by atoms with Crippen molar-refractivity contribution in [3.8, 4) is 18.2 Å². The number of halogens is 3. The Hall–Kier alpha value is -5.45. The van der Waals surface area contributed by atoms with E-state index in [0.29, 0.717) is 0 Å². The number of nitroso groups, excluding NO2 is 1. The van der Waals surface area contributed by atoms with Crippen molar-refractivity contribution in [2.24, 2.45) is 0 Å². The van der Waals surface area contributed by atoms with Gasteiger partial charge in [-0.1, -0.05) is 23.7 Å². The SMILES string of the molecule is N#Cc1cc(C#N)cc(N(C(=O)C2CCC(=O)N2c2cc(C#N)ccn2)C(c2ccccc2Cl)[N+](=O)NC2CC(F)(F)C2)c1. The number of rotatable bonds is 8. The molecule has 1 aromatic heterocycles. The third-order valence-electron chi connectivity index (χ3n) is 7.36. The quantitative estimate of drug-likeness (QED) is 0.218. The zero-order valence-corrected chi connectivity index (χ0v) is 23.6. The minimum Gasteiger partial charge on any atom is -0.284 e. The fraction of sp³-hybridized carbons (Fsp3) is 0.267. The van der Waals surface area contributed by atoms with E-state index in [1.165, 1.54) is 48.7 Å². The molecule has 1 saturated heterocycles. The number of aromatic nitrogens is 1. The molecular formula is C30H22ClF2N8O3+. The van der Waals surface area contributed by atoms with Gasteiger partial charge in [-0.2, -0.15) is 15.8 Å². The summed E-state index contributed by atoms with van der Waals surface area (Å²) in [7, 11) is 0. The summed E-state index contributed by atoms with van der Waals surface area (Å²) in [6.45, 7) is 0. The standard InChI is InChI=1S/C30H22ClF2N8O3/c31-24-4-2-1-3-23(24)28(41(44)38-21-13-30(32,33)14-21)39(22-10-19(16-35)9-20(11-22)17-36)29(43)25-5-6-27(42)40(25)26-12-18(15-34)7-8-37-26/h1-4,7-12,21,25,28H,5-6,13-14H2,(H,38,44)/q+1. The molecule has 3 aromatic rings. The van der Waals surface area contributed by atoms with Crippen LogP contribution in [0.25, 0.3) is 0 Å². The number of carbonyl (C=O) groups is 2. The molecule has 1 aliphatic carbocycles. The van der Waals surface area contributed by atoms with Gasteiger partial charge in [-0.15, -0.1) is 5.43 Å². The third-order valence-corrected chi connectivity index (χ3v) is 7.70. The largest absolute Gasteiger partial charge is 0.342 e. The van der Waals surface area contributed by atoms with Crippen LogP contribution in [0, 0.1) is 38.9 Å². The number of nitrogens with one attached hydrogen (secondary N) is 1. The second-order valence-electron chi connectivity index (χ2n) is 10.3. The molecule has 0 bridgehead atoms. The lowest BCUT2D eigenvalue weighted by Crippen LogP contribution is -2.56. The highest BCUT2D eigenvalue weighted by Gasteiger charge is 2.52. The summed E-state index contributed by atoms with van der Waals surface area (Å²) in [6, 6.07) is 16.5. The minimum absolute atomic E-state index is 0.00143. The first kappa shape index (κ1) is 30.0. The number of amides is 2. The number of hydrazine groups is 1. The Kier molecular flexibility index (Phi) is 8.21. The zero-order valence-electron chi connectivity index (χ0n) is 22.8. The Bertz CT molecular complexity index is 1760. The van der Waals surface area contributed by atoms with Crippen LogP contribution in [-0.4, -0.2) is 39.7 Å². The van der Waals surface area contributed by atoms with Crippen LogP contribution < -0.4 is 15.2 Å². The molecule has 0 radical (unpaired) electrons. The number of pyridine rings is 1. The smallest absolute Gasteiger partial charge is 0.284 e. The maximum absolute atomic E-state index is 14.6. The normalized spacial score (nSPS) is 17.9. The number of carbonyl (C=O) groups excluding carboxylic acids is 2. The molecule has 2 aliphatic rings. The highest BCUT2D eigenvalue weighted by molar-refractivity contribution is 6.31. The zero-order chi connectivity index (χ0) is 31.6. The third kappa shape index (κ3) is 5.89. The average Bonchev–Trinajstić information content (AvgIpc) is 3.39. The van der Waals surface area contributed by atoms with E-state index >= 15 is 0 Å². The van der Waals surface area contributed by atoms with Gasteiger partial charge >= 0.3 is 6.17 Å². The van der Waals surface area contributed by atoms with Crippen molar-refractivity contribution in [3.05, 3.63) is 93.0 Å². The molecule has 2 atom stereocenters. The van der Waals surface area contributed by atoms with Crippen LogP contribution in [0.3, 0.4) is 0 Å². The summed E-state index contributed by atoms with van der Waals surface area (Å²) in [5.41, 5.74) is 2.76. The second kappa shape index (κ2) is 12.0. The molecule has 1 saturated carbocycles. The lowest BCUT2D eigenvalue weighted by molar-refractivity contribution is -0.653. The molecule has 44 heavy (non-hydrogen) atoms. The van der Waals surface area contributed by atoms with Gasteiger partial charge in [0.1, 0.15) is 16.7 Å². The van der Waals surface area contributed by atoms with Gasteiger partial charge in [0.05, 0.1) is 62.1 Å². The van der Waals surface area contributed by atoms with Gasteiger partial charge in [0.25, 0.3) is 11.8 Å². The Labute approximate surface area is 255 Å². The van der Waals surface area contributed by atoms with E-state index in [4.69, 9.17) is 11.6 Å². The van der Waals surface area contributed by atoms with Crippen molar-refractivity contribution in [2.75, 3.05) is 9.80 Å². The highest BCUT2D eigenvalue weighted by Crippen LogP contribution is 2.40. The number of anilines is 2. The first-order valence-electron chi connectivity index (χ1n) is 13.4. The van der Waals surface area contributed by atoms with Crippen LogP contribution >= 0.6 is 11.6 Å². The molecule has 2 amide bonds. The van der Waals surface area contributed by atoms with Crippen LogP contribution in [0.4, 0.5) is 20.3 Å². The van der Waals surface area contributed by atoms with Gasteiger partial charge in [-0.3, -0.25) is 14.5 Å². The first-order chi connectivity index (χ1) is 21.0. The maximum atomic E-state index is 14.6. The molecule has 1 N–H and O–H groups in total. The van der Waals surface area contributed by atoms with Crippen LogP contribution in [0.5, 0.6) is 0 Å². The molecule has 11 nitrogen and oxygen atoms in total. The van der Waals surface area contributed by atoms with Gasteiger partial charge in [-0.25, -0.2) is 18.7 Å². The van der Waals surface area contributed by atoms with Crippen LogP contribution in [0.2, 0.25) is 5.02 Å². The molecule has 0 spiro atoms. The molecule has 2 aromatic carbocycles. The summed E-state index contributed by atoms with van der Waals surface area (Å²) in [4.78, 5) is 48.2. The summed E-state index contributed by atoms with van der Waals surface area (Å²) in [5.74, 6) is -4.17. The van der Waals surface area contributed by atoms with E-state index < -0.39 is 48.8 Å². The number of benzene rings is 2.